The van der Waals surface area contributed by atoms with E-state index in [1.54, 1.807) is 12.0 Å². The minimum Gasteiger partial charge on any atom is -0.383 e. The lowest BCUT2D eigenvalue weighted by atomic mass is 9.81. The first-order valence-electron chi connectivity index (χ1n) is 10.1. The highest BCUT2D eigenvalue weighted by molar-refractivity contribution is 7.22. The number of hydrogen-bond donors (Lipinski definition) is 0. The van der Waals surface area contributed by atoms with E-state index >= 15 is 0 Å². The van der Waals surface area contributed by atoms with Crippen LogP contribution in [0.1, 0.15) is 32.1 Å². The molecule has 4 rings (SSSR count). The summed E-state index contributed by atoms with van der Waals surface area (Å²) >= 11 is 1.45. The molecule has 2 aromatic rings. The third-order valence-electron chi connectivity index (χ3n) is 5.82. The number of thiazole rings is 1. The fourth-order valence-electron chi connectivity index (χ4n) is 4.28. The third kappa shape index (κ3) is 3.91. The van der Waals surface area contributed by atoms with E-state index in [1.807, 2.05) is 24.3 Å². The third-order valence-corrected chi connectivity index (χ3v) is 6.87. The van der Waals surface area contributed by atoms with Crippen LogP contribution in [-0.4, -0.2) is 54.4 Å². The van der Waals surface area contributed by atoms with Crippen molar-refractivity contribution in [1.29, 1.82) is 0 Å². The van der Waals surface area contributed by atoms with Crippen molar-refractivity contribution in [3.8, 4) is 0 Å². The number of nitrogens with zero attached hydrogens (tertiary/aromatic N) is 3. The SMILES string of the molecule is COCCN(C(=O)CCN1C(=O)C2CCCCC2C1=O)c1nc2ccccc2s1. The molecule has 0 N–H and O–H groups in total. The number of amides is 3. The van der Waals surface area contributed by atoms with Gasteiger partial charge in [0.2, 0.25) is 17.7 Å². The molecule has 2 fully saturated rings. The van der Waals surface area contributed by atoms with Crippen LogP contribution in [-0.2, 0) is 19.1 Å². The molecule has 29 heavy (non-hydrogen) atoms. The molecular weight excluding hydrogens is 390 g/mol. The highest BCUT2D eigenvalue weighted by Gasteiger charge is 2.47. The zero-order chi connectivity index (χ0) is 20.4. The minimum atomic E-state index is -0.180. The first kappa shape index (κ1) is 20.0. The first-order chi connectivity index (χ1) is 14.1. The van der Waals surface area contributed by atoms with Gasteiger partial charge in [-0.2, -0.15) is 0 Å². The van der Waals surface area contributed by atoms with Crippen LogP contribution in [0.4, 0.5) is 5.13 Å². The van der Waals surface area contributed by atoms with Crippen molar-refractivity contribution in [3.63, 3.8) is 0 Å². The average molecular weight is 416 g/mol. The van der Waals surface area contributed by atoms with Gasteiger partial charge in [-0.1, -0.05) is 36.3 Å². The Morgan fingerprint density at radius 3 is 2.55 bits per heavy atom. The van der Waals surface area contributed by atoms with E-state index in [2.05, 4.69) is 4.98 Å². The number of methoxy groups -OCH3 is 1. The monoisotopic (exact) mass is 415 g/mol. The average Bonchev–Trinajstić information content (AvgIpc) is 3.27. The van der Waals surface area contributed by atoms with Gasteiger partial charge < -0.3 is 4.74 Å². The molecule has 1 saturated carbocycles. The number of likely N-dealkylation sites (tertiary alicyclic amines) is 1. The highest BCUT2D eigenvalue weighted by Crippen LogP contribution is 2.38. The normalized spacial score (nSPS) is 21.6. The molecule has 1 aliphatic heterocycles. The van der Waals surface area contributed by atoms with Crippen molar-refractivity contribution in [2.45, 2.75) is 32.1 Å². The van der Waals surface area contributed by atoms with Gasteiger partial charge in [-0.3, -0.25) is 24.2 Å². The molecule has 3 amide bonds. The lowest BCUT2D eigenvalue weighted by molar-refractivity contribution is -0.140. The molecule has 1 aliphatic carbocycles. The number of benzene rings is 1. The smallest absolute Gasteiger partial charge is 0.233 e. The summed E-state index contributed by atoms with van der Waals surface area (Å²) in [7, 11) is 1.59. The van der Waals surface area contributed by atoms with Crippen molar-refractivity contribution in [2.75, 3.05) is 31.7 Å². The summed E-state index contributed by atoms with van der Waals surface area (Å²) in [5.41, 5.74) is 0.844. The van der Waals surface area contributed by atoms with Crippen LogP contribution in [0.15, 0.2) is 24.3 Å². The molecule has 2 heterocycles. The second-order valence-electron chi connectivity index (χ2n) is 7.58. The van der Waals surface area contributed by atoms with Crippen LogP contribution in [0.3, 0.4) is 0 Å². The zero-order valence-electron chi connectivity index (χ0n) is 16.5. The predicted molar refractivity (Wildman–Crippen MR) is 111 cm³/mol. The summed E-state index contributed by atoms with van der Waals surface area (Å²) < 4.78 is 6.16. The molecular formula is C21H25N3O4S. The number of anilines is 1. The molecule has 2 unspecified atom stereocenters. The molecule has 1 saturated heterocycles. The number of ether oxygens (including phenoxy) is 1. The van der Waals surface area contributed by atoms with Gasteiger partial charge in [0.25, 0.3) is 0 Å². The van der Waals surface area contributed by atoms with E-state index in [0.29, 0.717) is 18.3 Å². The quantitative estimate of drug-likeness (QED) is 0.650. The Morgan fingerprint density at radius 1 is 1.21 bits per heavy atom. The van der Waals surface area contributed by atoms with Crippen LogP contribution in [0.5, 0.6) is 0 Å². The summed E-state index contributed by atoms with van der Waals surface area (Å²) in [5, 5.41) is 0.612. The molecule has 0 spiro atoms. The van der Waals surface area contributed by atoms with Gasteiger partial charge in [-0.05, 0) is 25.0 Å². The summed E-state index contributed by atoms with van der Waals surface area (Å²) in [6.45, 7) is 0.896. The molecule has 154 valence electrons. The van der Waals surface area contributed by atoms with Crippen LogP contribution in [0.2, 0.25) is 0 Å². The Morgan fingerprint density at radius 2 is 1.90 bits per heavy atom. The Bertz CT molecular complexity index is 871. The molecule has 7 nitrogen and oxygen atoms in total. The van der Waals surface area contributed by atoms with Crippen molar-refractivity contribution >= 4 is 44.4 Å². The lowest BCUT2D eigenvalue weighted by Gasteiger charge is -2.21. The van der Waals surface area contributed by atoms with Crippen LogP contribution >= 0.6 is 11.3 Å². The van der Waals surface area contributed by atoms with Gasteiger partial charge in [-0.15, -0.1) is 0 Å². The molecule has 0 bridgehead atoms. The number of rotatable bonds is 7. The molecule has 8 heteroatoms. The fourth-order valence-corrected chi connectivity index (χ4v) is 5.29. The van der Waals surface area contributed by atoms with Gasteiger partial charge >= 0.3 is 0 Å². The second kappa shape index (κ2) is 8.59. The first-order valence-corrected chi connectivity index (χ1v) is 10.9. The Labute approximate surface area is 173 Å². The molecule has 2 aliphatic rings. The van der Waals surface area contributed by atoms with Crippen LogP contribution < -0.4 is 4.90 Å². The van der Waals surface area contributed by atoms with E-state index in [1.165, 1.54) is 16.2 Å². The van der Waals surface area contributed by atoms with E-state index in [0.717, 1.165) is 35.9 Å². The van der Waals surface area contributed by atoms with Crippen molar-refractivity contribution in [2.24, 2.45) is 11.8 Å². The van der Waals surface area contributed by atoms with E-state index in [4.69, 9.17) is 4.74 Å². The predicted octanol–water partition coefficient (Wildman–Crippen LogP) is 2.84. The number of hydrogen-bond acceptors (Lipinski definition) is 6. The van der Waals surface area contributed by atoms with Crippen molar-refractivity contribution in [3.05, 3.63) is 24.3 Å². The Hall–Kier alpha value is -2.32. The maximum atomic E-state index is 13.0. The highest BCUT2D eigenvalue weighted by atomic mass is 32.1. The van der Waals surface area contributed by atoms with E-state index < -0.39 is 0 Å². The van der Waals surface area contributed by atoms with Crippen molar-refractivity contribution < 1.29 is 19.1 Å². The number of carbonyl (C=O) groups excluding carboxylic acids is 3. The standard InChI is InChI=1S/C21H25N3O4S/c1-28-13-12-23(21-22-16-8-4-5-9-17(16)29-21)18(25)10-11-24-19(26)14-6-2-3-7-15(14)20(24)27/h4-5,8-9,14-15H,2-3,6-7,10-13H2,1H3. The summed E-state index contributed by atoms with van der Waals surface area (Å²) in [4.78, 5) is 45.8. The second-order valence-corrected chi connectivity index (χ2v) is 8.59. The Kier molecular flexibility index (Phi) is 5.91. The Balaban J connectivity index is 1.47. The van der Waals surface area contributed by atoms with E-state index in [-0.39, 0.29) is 42.5 Å². The minimum absolute atomic E-state index is 0.0938. The zero-order valence-corrected chi connectivity index (χ0v) is 17.3. The fraction of sp³-hybridized carbons (Fsp3) is 0.524. The topological polar surface area (TPSA) is 79.8 Å². The summed E-state index contributed by atoms with van der Waals surface area (Å²) in [6, 6.07) is 7.74. The maximum Gasteiger partial charge on any atom is 0.233 e. The van der Waals surface area contributed by atoms with Crippen LogP contribution in [0, 0.1) is 11.8 Å². The summed E-state index contributed by atoms with van der Waals surface area (Å²) in [6.07, 6.45) is 3.65. The van der Waals surface area contributed by atoms with Gasteiger partial charge in [0.1, 0.15) is 0 Å². The molecule has 2 atom stereocenters. The van der Waals surface area contributed by atoms with Gasteiger partial charge in [0.05, 0.1) is 35.2 Å². The lowest BCUT2D eigenvalue weighted by Crippen LogP contribution is -2.38. The van der Waals surface area contributed by atoms with E-state index in [9.17, 15) is 14.4 Å². The van der Waals surface area contributed by atoms with Crippen molar-refractivity contribution in [1.82, 2.24) is 9.88 Å². The largest absolute Gasteiger partial charge is 0.383 e. The molecule has 1 aromatic carbocycles. The summed E-state index contributed by atoms with van der Waals surface area (Å²) in [5.74, 6) is -0.719. The number of aromatic nitrogens is 1. The molecule has 0 radical (unpaired) electrons. The maximum absolute atomic E-state index is 13.0. The van der Waals surface area contributed by atoms with Gasteiger partial charge in [0, 0.05) is 20.1 Å². The number of para-hydroxylation sites is 1. The van der Waals surface area contributed by atoms with Crippen LogP contribution in [0.25, 0.3) is 10.2 Å². The van der Waals surface area contributed by atoms with Gasteiger partial charge in [-0.25, -0.2) is 4.98 Å². The number of fused-ring (bicyclic) bond motifs is 2. The molecule has 1 aromatic heterocycles. The number of carbonyl (C=O) groups is 3. The van der Waals surface area contributed by atoms with Gasteiger partial charge in [0.15, 0.2) is 5.13 Å². The number of imide groups is 1.